The Kier molecular flexibility index (Phi) is 4.13. The smallest absolute Gasteiger partial charge is 0.261 e. The summed E-state index contributed by atoms with van der Waals surface area (Å²) in [5, 5.41) is 0. The van der Waals surface area contributed by atoms with Gasteiger partial charge in [0.1, 0.15) is 0 Å². The van der Waals surface area contributed by atoms with Gasteiger partial charge in [-0.2, -0.15) is 0 Å². The first-order valence-electron chi connectivity index (χ1n) is 9.53. The van der Waals surface area contributed by atoms with Crippen molar-refractivity contribution in [1.29, 1.82) is 0 Å². The van der Waals surface area contributed by atoms with Crippen LogP contribution in [0.2, 0.25) is 0 Å². The van der Waals surface area contributed by atoms with E-state index in [1.54, 1.807) is 24.3 Å². The molecule has 2 N–H and O–H groups in total. The lowest BCUT2D eigenvalue weighted by molar-refractivity contribution is 0.0642. The first-order valence-corrected chi connectivity index (χ1v) is 9.53. The van der Waals surface area contributed by atoms with E-state index in [-0.39, 0.29) is 24.3 Å². The number of benzene rings is 2. The topological polar surface area (TPSA) is 69.0 Å². The Labute approximate surface area is 168 Å². The van der Waals surface area contributed by atoms with Gasteiger partial charge in [0.25, 0.3) is 11.8 Å². The maximum Gasteiger partial charge on any atom is 0.261 e. The van der Waals surface area contributed by atoms with Crippen LogP contribution in [0.5, 0.6) is 0 Å². The fourth-order valence-corrected chi connectivity index (χ4v) is 3.96. The van der Waals surface area contributed by atoms with Crippen LogP contribution in [0, 0.1) is 0 Å². The zero-order chi connectivity index (χ0) is 19.8. The van der Waals surface area contributed by atoms with Crippen LogP contribution in [-0.2, 0) is 6.54 Å². The molecular weight excluding hydrogens is 362 g/mol. The third-order valence-electron chi connectivity index (χ3n) is 5.40. The number of fused-ring (bicyclic) bond motifs is 1. The second-order valence-corrected chi connectivity index (χ2v) is 7.17. The minimum Gasteiger partial charge on any atom is -0.364 e. The lowest BCUT2D eigenvalue weighted by atomic mass is 9.92. The minimum absolute atomic E-state index is 0.0633. The summed E-state index contributed by atoms with van der Waals surface area (Å²) in [6.07, 6.45) is 3.84. The first-order chi connectivity index (χ1) is 14.2. The van der Waals surface area contributed by atoms with E-state index in [1.807, 2.05) is 36.7 Å². The number of amides is 2. The van der Waals surface area contributed by atoms with E-state index < -0.39 is 0 Å². The highest BCUT2D eigenvalue weighted by molar-refractivity contribution is 6.21. The largest absolute Gasteiger partial charge is 0.364 e. The molecule has 142 valence electrons. The molecular formula is C24H19N3O2. The van der Waals surface area contributed by atoms with Crippen LogP contribution < -0.4 is 0 Å². The summed E-state index contributed by atoms with van der Waals surface area (Å²) in [7, 11) is 0. The SMILES string of the molecule is O=C1c2ccccc2C(=O)N1Cc1ccc(C(c2ccc[nH]2)c2ccc[nH]2)cc1. The number of carbonyl (C=O) groups is 2. The van der Waals surface area contributed by atoms with E-state index in [4.69, 9.17) is 0 Å². The van der Waals surface area contributed by atoms with Gasteiger partial charge in [-0.1, -0.05) is 36.4 Å². The average Bonchev–Trinajstić information content (AvgIpc) is 3.50. The van der Waals surface area contributed by atoms with Crippen LogP contribution in [0.4, 0.5) is 0 Å². The Morgan fingerprint density at radius 3 is 1.72 bits per heavy atom. The van der Waals surface area contributed by atoms with Gasteiger partial charge in [-0.15, -0.1) is 0 Å². The summed E-state index contributed by atoms with van der Waals surface area (Å²) in [5.41, 5.74) is 5.20. The van der Waals surface area contributed by atoms with Gasteiger partial charge in [0.15, 0.2) is 0 Å². The second kappa shape index (κ2) is 6.95. The zero-order valence-corrected chi connectivity index (χ0v) is 15.6. The highest BCUT2D eigenvalue weighted by Crippen LogP contribution is 2.30. The molecule has 0 atom stereocenters. The summed E-state index contributed by atoms with van der Waals surface area (Å²) >= 11 is 0. The number of nitrogens with zero attached hydrogens (tertiary/aromatic N) is 1. The molecule has 2 aromatic carbocycles. The van der Waals surface area contributed by atoms with Crippen molar-refractivity contribution in [1.82, 2.24) is 14.9 Å². The Balaban J connectivity index is 1.41. The summed E-state index contributed by atoms with van der Waals surface area (Å²) in [5.74, 6) is -0.399. The summed E-state index contributed by atoms with van der Waals surface area (Å²) in [6.45, 7) is 0.266. The van der Waals surface area contributed by atoms with Gasteiger partial charge in [-0.3, -0.25) is 14.5 Å². The molecule has 0 saturated heterocycles. The Bertz CT molecular complexity index is 1090. The maximum absolute atomic E-state index is 12.6. The number of hydrogen-bond donors (Lipinski definition) is 2. The number of H-pyrrole nitrogens is 2. The first kappa shape index (κ1) is 17.3. The Hall–Kier alpha value is -3.86. The van der Waals surface area contributed by atoms with Gasteiger partial charge in [-0.05, 0) is 47.5 Å². The molecule has 0 spiro atoms. The number of nitrogens with one attached hydrogen (secondary N) is 2. The molecule has 0 radical (unpaired) electrons. The number of carbonyl (C=O) groups excluding carboxylic acids is 2. The van der Waals surface area contributed by atoms with Gasteiger partial charge in [0.2, 0.25) is 0 Å². The maximum atomic E-state index is 12.6. The van der Waals surface area contributed by atoms with E-state index >= 15 is 0 Å². The van der Waals surface area contributed by atoms with E-state index in [0.717, 1.165) is 22.5 Å². The lowest BCUT2D eigenvalue weighted by Crippen LogP contribution is -2.29. The molecule has 29 heavy (non-hydrogen) atoms. The second-order valence-electron chi connectivity index (χ2n) is 7.17. The molecule has 2 aromatic heterocycles. The Morgan fingerprint density at radius 2 is 1.24 bits per heavy atom. The van der Waals surface area contributed by atoms with E-state index in [1.165, 1.54) is 4.90 Å². The van der Waals surface area contributed by atoms with E-state index in [9.17, 15) is 9.59 Å². The highest BCUT2D eigenvalue weighted by atomic mass is 16.2. The fraction of sp³-hybridized carbons (Fsp3) is 0.0833. The minimum atomic E-state index is -0.231. The molecule has 4 aromatic rings. The van der Waals surface area contributed by atoms with Crippen molar-refractivity contribution < 1.29 is 9.59 Å². The normalized spacial score (nSPS) is 13.3. The van der Waals surface area contributed by atoms with Crippen molar-refractivity contribution in [2.45, 2.75) is 12.5 Å². The van der Waals surface area contributed by atoms with Gasteiger partial charge >= 0.3 is 0 Å². The Morgan fingerprint density at radius 1 is 0.690 bits per heavy atom. The molecule has 0 fully saturated rings. The van der Waals surface area contributed by atoms with Crippen molar-refractivity contribution in [2.75, 3.05) is 0 Å². The predicted octanol–water partition coefficient (Wildman–Crippen LogP) is 4.32. The number of hydrogen-bond acceptors (Lipinski definition) is 2. The van der Waals surface area contributed by atoms with Crippen LogP contribution in [0.25, 0.3) is 0 Å². The van der Waals surface area contributed by atoms with Crippen molar-refractivity contribution >= 4 is 11.8 Å². The zero-order valence-electron chi connectivity index (χ0n) is 15.6. The standard InChI is InChI=1S/C24H19N3O2/c28-23-18-5-1-2-6-19(18)24(29)27(23)15-16-9-11-17(12-10-16)22(20-7-3-13-25-20)21-8-4-14-26-21/h1-14,22,25-26H,15H2. The molecule has 1 aliphatic heterocycles. The molecule has 3 heterocycles. The number of aromatic nitrogens is 2. The van der Waals surface area contributed by atoms with Gasteiger partial charge in [0, 0.05) is 23.8 Å². The summed E-state index contributed by atoms with van der Waals surface area (Å²) < 4.78 is 0. The summed E-state index contributed by atoms with van der Waals surface area (Å²) in [6, 6.07) is 23.2. The molecule has 0 saturated carbocycles. The van der Waals surface area contributed by atoms with Gasteiger partial charge in [0.05, 0.1) is 23.6 Å². The van der Waals surface area contributed by atoms with Crippen molar-refractivity contribution in [3.63, 3.8) is 0 Å². The summed E-state index contributed by atoms with van der Waals surface area (Å²) in [4.78, 5) is 33.1. The number of rotatable bonds is 5. The molecule has 0 unspecified atom stereocenters. The molecule has 5 rings (SSSR count). The van der Waals surface area contributed by atoms with Gasteiger partial charge in [-0.25, -0.2) is 0 Å². The fourth-order valence-electron chi connectivity index (χ4n) is 3.96. The van der Waals surface area contributed by atoms with Crippen molar-refractivity contribution in [3.05, 3.63) is 119 Å². The molecule has 5 heteroatoms. The molecule has 0 aliphatic carbocycles. The van der Waals surface area contributed by atoms with Crippen molar-refractivity contribution in [2.24, 2.45) is 0 Å². The number of aromatic amines is 2. The molecule has 2 amide bonds. The van der Waals surface area contributed by atoms with E-state index in [2.05, 4.69) is 34.2 Å². The molecule has 5 nitrogen and oxygen atoms in total. The van der Waals surface area contributed by atoms with E-state index in [0.29, 0.717) is 11.1 Å². The molecule has 0 bridgehead atoms. The third kappa shape index (κ3) is 2.97. The van der Waals surface area contributed by atoms with Crippen LogP contribution in [0.3, 0.4) is 0 Å². The average molecular weight is 381 g/mol. The highest BCUT2D eigenvalue weighted by Gasteiger charge is 2.34. The quantitative estimate of drug-likeness (QED) is 0.506. The lowest BCUT2D eigenvalue weighted by Gasteiger charge is -2.17. The third-order valence-corrected chi connectivity index (χ3v) is 5.40. The van der Waals surface area contributed by atoms with Crippen LogP contribution in [0.15, 0.2) is 85.2 Å². The monoisotopic (exact) mass is 381 g/mol. The predicted molar refractivity (Wildman–Crippen MR) is 110 cm³/mol. The van der Waals surface area contributed by atoms with Crippen LogP contribution >= 0.6 is 0 Å². The number of imide groups is 1. The van der Waals surface area contributed by atoms with Crippen molar-refractivity contribution in [3.8, 4) is 0 Å². The molecule has 1 aliphatic rings. The van der Waals surface area contributed by atoms with Gasteiger partial charge < -0.3 is 9.97 Å². The van der Waals surface area contributed by atoms with Crippen LogP contribution in [0.1, 0.15) is 49.1 Å². The van der Waals surface area contributed by atoms with Crippen LogP contribution in [-0.4, -0.2) is 26.7 Å².